The third-order valence-electron chi connectivity index (χ3n) is 4.19. The van der Waals surface area contributed by atoms with Crippen LogP contribution in [0.3, 0.4) is 0 Å². The van der Waals surface area contributed by atoms with Crippen molar-refractivity contribution in [3.63, 3.8) is 0 Å². The highest BCUT2D eigenvalue weighted by Gasteiger charge is 2.41. The molecule has 10 heteroatoms. The van der Waals surface area contributed by atoms with Crippen molar-refractivity contribution in [1.82, 2.24) is 9.80 Å². The molecular weight excluding hydrogens is 372 g/mol. The Labute approximate surface area is 164 Å². The fourth-order valence-corrected chi connectivity index (χ4v) is 5.85. The first-order chi connectivity index (χ1) is 13.1. The molecular formula is C17H40N2O7Si. The lowest BCUT2D eigenvalue weighted by molar-refractivity contribution is -0.00302. The first kappa shape index (κ1) is 26.9. The van der Waals surface area contributed by atoms with E-state index in [1.54, 1.807) is 0 Å². The van der Waals surface area contributed by atoms with Crippen LogP contribution in [-0.2, 0) is 13.3 Å². The molecule has 0 radical (unpaired) electrons. The number of hydrogen-bond donors (Lipinski definition) is 4. The molecule has 0 saturated heterocycles. The molecule has 0 unspecified atom stereocenters. The van der Waals surface area contributed by atoms with Gasteiger partial charge in [0, 0.05) is 52.0 Å². The average molecular weight is 413 g/mol. The zero-order valence-corrected chi connectivity index (χ0v) is 18.2. The van der Waals surface area contributed by atoms with Crippen molar-refractivity contribution in [3.8, 4) is 0 Å². The fraction of sp³-hybridized carbons (Fsp3) is 1.00. The van der Waals surface area contributed by atoms with Crippen LogP contribution in [0, 0.1) is 0 Å². The molecule has 0 aliphatic carbocycles. The highest BCUT2D eigenvalue weighted by Crippen LogP contribution is 2.23. The molecule has 0 aromatic heterocycles. The maximum Gasteiger partial charge on any atom is 0.501 e. The molecule has 0 aliphatic rings. The van der Waals surface area contributed by atoms with Crippen LogP contribution in [0.1, 0.15) is 27.2 Å². The Kier molecular flexibility index (Phi) is 16.7. The summed E-state index contributed by atoms with van der Waals surface area (Å²) >= 11 is 0. The number of aliphatic hydroxyl groups excluding tert-OH is 4. The number of nitrogens with zero attached hydrogens (tertiary/aromatic N) is 2. The minimum absolute atomic E-state index is 0.0481. The summed E-state index contributed by atoms with van der Waals surface area (Å²) in [7, 11) is -2.85. The minimum Gasteiger partial charge on any atom is -0.395 e. The van der Waals surface area contributed by atoms with Gasteiger partial charge >= 0.3 is 8.80 Å². The second kappa shape index (κ2) is 16.8. The van der Waals surface area contributed by atoms with Crippen LogP contribution in [0.2, 0.25) is 6.04 Å². The predicted octanol–water partition coefficient (Wildman–Crippen LogP) is -0.676. The van der Waals surface area contributed by atoms with Gasteiger partial charge in [0.2, 0.25) is 0 Å². The summed E-state index contributed by atoms with van der Waals surface area (Å²) in [5, 5.41) is 37.7. The smallest absolute Gasteiger partial charge is 0.395 e. The van der Waals surface area contributed by atoms with Crippen molar-refractivity contribution in [3.05, 3.63) is 0 Å². The van der Waals surface area contributed by atoms with Gasteiger partial charge in [-0.05, 0) is 27.2 Å². The Morgan fingerprint density at radius 2 is 1.00 bits per heavy atom. The standard InChI is InChI=1S/C17H40N2O7Si/c1-4-24-27(25-5-2,26-6-3)16-7-17(18(8-12-20)9-13-21)19(10-14-22)11-15-23/h17,20-23H,4-16H2,1-3H3. The van der Waals surface area contributed by atoms with Gasteiger partial charge in [-0.15, -0.1) is 0 Å². The second-order valence-corrected chi connectivity index (χ2v) is 8.70. The summed E-state index contributed by atoms with van der Waals surface area (Å²) in [6, 6.07) is 0.563. The van der Waals surface area contributed by atoms with Gasteiger partial charge in [-0.2, -0.15) is 0 Å². The monoisotopic (exact) mass is 412 g/mol. The highest BCUT2D eigenvalue weighted by atomic mass is 28.4. The number of hydrogen-bond acceptors (Lipinski definition) is 9. The van der Waals surface area contributed by atoms with Crippen molar-refractivity contribution in [2.45, 2.75) is 39.4 Å². The third kappa shape index (κ3) is 10.3. The Morgan fingerprint density at radius 3 is 1.26 bits per heavy atom. The van der Waals surface area contributed by atoms with Crippen molar-refractivity contribution in [1.29, 1.82) is 0 Å². The highest BCUT2D eigenvalue weighted by molar-refractivity contribution is 6.60. The molecule has 9 nitrogen and oxygen atoms in total. The summed E-state index contributed by atoms with van der Waals surface area (Å²) in [5.74, 6) is 0. The summed E-state index contributed by atoms with van der Waals surface area (Å²) in [4.78, 5) is 3.91. The number of aliphatic hydroxyl groups is 4. The van der Waals surface area contributed by atoms with Gasteiger partial charge in [0.25, 0.3) is 0 Å². The molecule has 4 N–H and O–H groups in total. The SMILES string of the molecule is CCO[Si](CCC(N(CCO)CCO)N(CCO)CCO)(OCC)OCC. The Bertz CT molecular complexity index is 297. The van der Waals surface area contributed by atoms with Gasteiger partial charge in [-0.3, -0.25) is 9.80 Å². The van der Waals surface area contributed by atoms with E-state index in [-0.39, 0.29) is 32.6 Å². The van der Waals surface area contributed by atoms with Crippen LogP contribution in [0.25, 0.3) is 0 Å². The normalized spacial score (nSPS) is 12.7. The predicted molar refractivity (Wildman–Crippen MR) is 105 cm³/mol. The van der Waals surface area contributed by atoms with E-state index in [1.165, 1.54) is 0 Å². The van der Waals surface area contributed by atoms with E-state index in [4.69, 9.17) is 13.3 Å². The first-order valence-corrected chi connectivity index (χ1v) is 11.8. The lowest BCUT2D eigenvalue weighted by atomic mass is 10.2. The molecule has 164 valence electrons. The van der Waals surface area contributed by atoms with E-state index >= 15 is 0 Å². The van der Waals surface area contributed by atoms with Crippen LogP contribution in [0.4, 0.5) is 0 Å². The van der Waals surface area contributed by atoms with E-state index in [0.29, 0.717) is 58.5 Å². The Morgan fingerprint density at radius 1 is 0.667 bits per heavy atom. The lowest BCUT2D eigenvalue weighted by Gasteiger charge is -2.40. The maximum atomic E-state index is 9.43. The summed E-state index contributed by atoms with van der Waals surface area (Å²) in [6.07, 6.45) is 0.406. The van der Waals surface area contributed by atoms with Crippen molar-refractivity contribution < 1.29 is 33.7 Å². The third-order valence-corrected chi connectivity index (χ3v) is 7.28. The molecule has 0 heterocycles. The molecule has 0 aromatic rings. The van der Waals surface area contributed by atoms with Gasteiger partial charge in [0.1, 0.15) is 0 Å². The summed E-state index contributed by atoms with van der Waals surface area (Å²) in [6.45, 7) is 8.52. The summed E-state index contributed by atoms with van der Waals surface area (Å²) < 4.78 is 17.8. The Balaban J connectivity index is 5.48. The van der Waals surface area contributed by atoms with E-state index in [9.17, 15) is 20.4 Å². The average Bonchev–Trinajstić information content (AvgIpc) is 2.63. The van der Waals surface area contributed by atoms with Crippen molar-refractivity contribution >= 4 is 8.80 Å². The molecule has 0 aromatic carbocycles. The van der Waals surface area contributed by atoms with Gasteiger partial charge in [-0.1, -0.05) is 0 Å². The molecule has 0 bridgehead atoms. The van der Waals surface area contributed by atoms with Crippen LogP contribution in [-0.4, -0.2) is 118 Å². The van der Waals surface area contributed by atoms with Crippen LogP contribution >= 0.6 is 0 Å². The molecule has 27 heavy (non-hydrogen) atoms. The van der Waals surface area contributed by atoms with Crippen molar-refractivity contribution in [2.75, 3.05) is 72.4 Å². The molecule has 0 saturated carbocycles. The maximum absolute atomic E-state index is 9.43. The van der Waals surface area contributed by atoms with E-state index in [2.05, 4.69) is 0 Å². The van der Waals surface area contributed by atoms with Crippen LogP contribution in [0.5, 0.6) is 0 Å². The zero-order valence-electron chi connectivity index (χ0n) is 17.2. The first-order valence-electron chi connectivity index (χ1n) is 9.91. The fourth-order valence-electron chi connectivity index (χ4n) is 3.24. The minimum atomic E-state index is -2.85. The molecule has 0 rings (SSSR count). The molecule has 0 fully saturated rings. The number of rotatable bonds is 19. The van der Waals surface area contributed by atoms with E-state index < -0.39 is 8.80 Å². The molecule has 0 aliphatic heterocycles. The largest absolute Gasteiger partial charge is 0.501 e. The topological polar surface area (TPSA) is 115 Å². The van der Waals surface area contributed by atoms with Gasteiger partial charge < -0.3 is 33.7 Å². The molecule has 0 amide bonds. The van der Waals surface area contributed by atoms with E-state index in [1.807, 2.05) is 30.6 Å². The molecule has 0 atom stereocenters. The van der Waals surface area contributed by atoms with Gasteiger partial charge in [0.15, 0.2) is 0 Å². The quantitative estimate of drug-likeness (QED) is 0.162. The Hall–Kier alpha value is -0.143. The van der Waals surface area contributed by atoms with E-state index in [0.717, 1.165) is 0 Å². The van der Waals surface area contributed by atoms with Gasteiger partial charge in [-0.25, -0.2) is 0 Å². The summed E-state index contributed by atoms with van der Waals surface area (Å²) in [5.41, 5.74) is 0. The van der Waals surface area contributed by atoms with Crippen molar-refractivity contribution in [2.24, 2.45) is 0 Å². The van der Waals surface area contributed by atoms with Crippen LogP contribution in [0.15, 0.2) is 0 Å². The lowest BCUT2D eigenvalue weighted by Crippen LogP contribution is -2.54. The van der Waals surface area contributed by atoms with Gasteiger partial charge in [0.05, 0.1) is 32.6 Å². The molecule has 0 spiro atoms. The van der Waals surface area contributed by atoms with Crippen LogP contribution < -0.4 is 0 Å². The second-order valence-electron chi connectivity index (χ2n) is 5.97. The zero-order chi connectivity index (χ0) is 20.5.